The highest BCUT2D eigenvalue weighted by atomic mass is 16.6. The largest absolute Gasteiger partial charge is 0.388 e. The van der Waals surface area contributed by atoms with E-state index >= 15 is 0 Å². The van der Waals surface area contributed by atoms with Crippen LogP contribution in [0, 0.1) is 12.3 Å². The van der Waals surface area contributed by atoms with E-state index < -0.39 is 18.3 Å². The molecule has 0 amide bonds. The van der Waals surface area contributed by atoms with Crippen LogP contribution in [0.5, 0.6) is 0 Å². The van der Waals surface area contributed by atoms with Gasteiger partial charge < -0.3 is 19.3 Å². The minimum absolute atomic E-state index is 0.115. The minimum Gasteiger partial charge on any atom is -0.388 e. The summed E-state index contributed by atoms with van der Waals surface area (Å²) in [7, 11) is 0. The number of hydrogen-bond donors (Lipinski definition) is 1. The van der Waals surface area contributed by atoms with Gasteiger partial charge in [0.1, 0.15) is 12.2 Å². The molecule has 0 aliphatic heterocycles. The Morgan fingerprint density at radius 1 is 0.688 bits per heavy atom. The molecule has 0 spiro atoms. The Kier molecular flexibility index (Phi) is 9.98. The predicted octanol–water partition coefficient (Wildman–Crippen LogP) is 4.76. The highest BCUT2D eigenvalue weighted by Gasteiger charge is 2.30. The highest BCUT2D eigenvalue weighted by Crippen LogP contribution is 2.18. The summed E-state index contributed by atoms with van der Waals surface area (Å²) in [5.41, 5.74) is 3.09. The van der Waals surface area contributed by atoms with Gasteiger partial charge in [0.05, 0.1) is 32.5 Å². The molecule has 0 bridgehead atoms. The van der Waals surface area contributed by atoms with Crippen LogP contribution in [0.15, 0.2) is 91.0 Å². The topological polar surface area (TPSA) is 47.9 Å². The smallest absolute Gasteiger partial charge is 0.113 e. The van der Waals surface area contributed by atoms with E-state index in [2.05, 4.69) is 5.92 Å². The lowest BCUT2D eigenvalue weighted by Crippen LogP contribution is -2.43. The molecule has 0 aliphatic rings. The Morgan fingerprint density at radius 3 is 1.66 bits per heavy atom. The summed E-state index contributed by atoms with van der Waals surface area (Å²) in [6, 6.07) is 29.6. The lowest BCUT2D eigenvalue weighted by molar-refractivity contribution is -0.145. The van der Waals surface area contributed by atoms with Crippen LogP contribution < -0.4 is 0 Å². The fourth-order valence-electron chi connectivity index (χ4n) is 3.36. The van der Waals surface area contributed by atoms with Crippen molar-refractivity contribution in [3.8, 4) is 12.3 Å². The molecule has 0 saturated heterocycles. The molecule has 0 unspecified atom stereocenters. The van der Waals surface area contributed by atoms with Crippen LogP contribution >= 0.6 is 0 Å². The second-order valence-electron chi connectivity index (χ2n) is 7.57. The Hall–Kier alpha value is -2.94. The van der Waals surface area contributed by atoms with Crippen LogP contribution in [0.25, 0.3) is 0 Å². The molecular formula is C28H30O4. The lowest BCUT2D eigenvalue weighted by atomic mass is 10.0. The summed E-state index contributed by atoms with van der Waals surface area (Å²) in [4.78, 5) is 0. The second-order valence-corrected chi connectivity index (χ2v) is 7.57. The summed E-state index contributed by atoms with van der Waals surface area (Å²) in [5, 5.41) is 11.0. The average molecular weight is 431 g/mol. The number of benzene rings is 3. The van der Waals surface area contributed by atoms with E-state index in [1.165, 1.54) is 0 Å². The van der Waals surface area contributed by atoms with Crippen LogP contribution in [0.4, 0.5) is 0 Å². The molecule has 1 N–H and O–H groups in total. The maximum atomic E-state index is 11.0. The SMILES string of the molecule is C#CC[C@@H](OCc1ccccc1)[C@H](OCc1ccccc1)[C@H](O)COCc1ccccc1. The Balaban J connectivity index is 1.65. The van der Waals surface area contributed by atoms with Gasteiger partial charge in [0.15, 0.2) is 0 Å². The van der Waals surface area contributed by atoms with E-state index in [4.69, 9.17) is 20.6 Å². The van der Waals surface area contributed by atoms with Gasteiger partial charge in [0.2, 0.25) is 0 Å². The minimum atomic E-state index is -0.892. The van der Waals surface area contributed by atoms with Gasteiger partial charge in [0.25, 0.3) is 0 Å². The maximum Gasteiger partial charge on any atom is 0.113 e. The van der Waals surface area contributed by atoms with Gasteiger partial charge in [0, 0.05) is 6.42 Å². The van der Waals surface area contributed by atoms with Crippen molar-refractivity contribution < 1.29 is 19.3 Å². The number of aliphatic hydroxyl groups excluding tert-OH is 1. The molecule has 0 aromatic heterocycles. The molecule has 0 saturated carbocycles. The number of ether oxygens (including phenoxy) is 3. The Labute approximate surface area is 190 Å². The maximum absolute atomic E-state index is 11.0. The third-order valence-corrected chi connectivity index (χ3v) is 5.06. The van der Waals surface area contributed by atoms with Crippen molar-refractivity contribution >= 4 is 0 Å². The molecule has 32 heavy (non-hydrogen) atoms. The van der Waals surface area contributed by atoms with Gasteiger partial charge in [-0.1, -0.05) is 91.0 Å². The normalized spacial score (nSPS) is 13.8. The zero-order valence-electron chi connectivity index (χ0n) is 18.2. The predicted molar refractivity (Wildman–Crippen MR) is 126 cm³/mol. The first-order valence-corrected chi connectivity index (χ1v) is 10.8. The van der Waals surface area contributed by atoms with Crippen molar-refractivity contribution in [1.29, 1.82) is 0 Å². The summed E-state index contributed by atoms with van der Waals surface area (Å²) in [5.74, 6) is 2.66. The lowest BCUT2D eigenvalue weighted by Gasteiger charge is -2.30. The molecule has 0 fully saturated rings. The molecule has 3 aromatic rings. The first-order valence-electron chi connectivity index (χ1n) is 10.8. The summed E-state index contributed by atoms with van der Waals surface area (Å²) < 4.78 is 18.0. The molecule has 0 aliphatic carbocycles. The van der Waals surface area contributed by atoms with E-state index in [0.29, 0.717) is 26.2 Å². The first-order chi connectivity index (χ1) is 15.8. The summed E-state index contributed by atoms with van der Waals surface area (Å²) >= 11 is 0. The highest BCUT2D eigenvalue weighted by molar-refractivity contribution is 5.15. The third kappa shape index (κ3) is 7.96. The molecule has 3 rings (SSSR count). The fraction of sp³-hybridized carbons (Fsp3) is 0.286. The first kappa shape index (κ1) is 23.7. The van der Waals surface area contributed by atoms with E-state index in [1.807, 2.05) is 91.0 Å². The number of rotatable bonds is 13. The van der Waals surface area contributed by atoms with Gasteiger partial charge in [-0.25, -0.2) is 0 Å². The summed E-state index contributed by atoms with van der Waals surface area (Å²) in [6.45, 7) is 1.26. The Morgan fingerprint density at radius 2 is 1.16 bits per heavy atom. The van der Waals surface area contributed by atoms with Gasteiger partial charge in [-0.05, 0) is 16.7 Å². The molecule has 3 aromatic carbocycles. The van der Waals surface area contributed by atoms with Crippen LogP contribution in [0.1, 0.15) is 23.1 Å². The van der Waals surface area contributed by atoms with Crippen molar-refractivity contribution in [2.45, 2.75) is 44.6 Å². The third-order valence-electron chi connectivity index (χ3n) is 5.06. The van der Waals surface area contributed by atoms with Crippen molar-refractivity contribution in [2.24, 2.45) is 0 Å². The van der Waals surface area contributed by atoms with Crippen molar-refractivity contribution in [3.63, 3.8) is 0 Å². The Bertz CT molecular complexity index is 922. The quantitative estimate of drug-likeness (QED) is 0.397. The van der Waals surface area contributed by atoms with Crippen LogP contribution in [0.2, 0.25) is 0 Å². The fourth-order valence-corrected chi connectivity index (χ4v) is 3.36. The number of terminal acetylenes is 1. The standard InChI is InChI=1S/C28H30O4/c1-2-12-27(31-20-24-15-8-4-9-16-24)28(32-21-25-17-10-5-11-18-25)26(29)22-30-19-23-13-6-3-7-14-23/h1,3-11,13-18,26-29H,12,19-22H2/t26-,27-,28-/m1/s1. The van der Waals surface area contributed by atoms with E-state index in [0.717, 1.165) is 16.7 Å². The summed E-state index contributed by atoms with van der Waals surface area (Å²) in [6.07, 6.45) is 3.94. The van der Waals surface area contributed by atoms with E-state index in [1.54, 1.807) is 0 Å². The molecule has 0 radical (unpaired) electrons. The van der Waals surface area contributed by atoms with Gasteiger partial charge in [-0.2, -0.15) is 0 Å². The average Bonchev–Trinajstić information content (AvgIpc) is 2.84. The van der Waals surface area contributed by atoms with Gasteiger partial charge in [-0.15, -0.1) is 12.3 Å². The number of hydrogen-bond acceptors (Lipinski definition) is 4. The van der Waals surface area contributed by atoms with Crippen molar-refractivity contribution in [1.82, 2.24) is 0 Å². The zero-order chi connectivity index (χ0) is 22.4. The molecular weight excluding hydrogens is 400 g/mol. The zero-order valence-corrected chi connectivity index (χ0v) is 18.2. The molecule has 166 valence electrons. The molecule has 0 heterocycles. The van der Waals surface area contributed by atoms with Crippen LogP contribution in [-0.4, -0.2) is 30.0 Å². The monoisotopic (exact) mass is 430 g/mol. The van der Waals surface area contributed by atoms with E-state index in [9.17, 15) is 5.11 Å². The molecule has 4 nitrogen and oxygen atoms in total. The van der Waals surface area contributed by atoms with E-state index in [-0.39, 0.29) is 6.61 Å². The van der Waals surface area contributed by atoms with Gasteiger partial charge in [-0.3, -0.25) is 0 Å². The number of aliphatic hydroxyl groups is 1. The molecule has 4 heteroatoms. The van der Waals surface area contributed by atoms with Gasteiger partial charge >= 0.3 is 0 Å². The second kappa shape index (κ2) is 13.5. The van der Waals surface area contributed by atoms with Crippen molar-refractivity contribution in [2.75, 3.05) is 6.61 Å². The van der Waals surface area contributed by atoms with Crippen molar-refractivity contribution in [3.05, 3.63) is 108 Å². The van der Waals surface area contributed by atoms with Crippen LogP contribution in [-0.2, 0) is 34.0 Å². The molecule has 3 atom stereocenters. The van der Waals surface area contributed by atoms with Crippen LogP contribution in [0.3, 0.4) is 0 Å².